The Hall–Kier alpha value is 0.270. The van der Waals surface area contributed by atoms with Crippen LogP contribution in [0.1, 0.15) is 33.6 Å². The largest absolute Gasteiger partial charge is 0.385 e. The van der Waals surface area contributed by atoms with Crippen LogP contribution in [-0.2, 0) is 4.74 Å². The van der Waals surface area contributed by atoms with E-state index >= 15 is 0 Å². The van der Waals surface area contributed by atoms with Crippen LogP contribution in [0, 0.1) is 5.41 Å². The molecule has 1 aliphatic rings. The standard InChI is InChI=1S/C12H25NOS/c1-10-7-11(8-15-10)13-9-12(2,3)5-6-14-4/h10-11,13H,5-9H2,1-4H3. The highest BCUT2D eigenvalue weighted by Crippen LogP contribution is 2.27. The number of ether oxygens (including phenoxy) is 1. The number of thioether (sulfide) groups is 1. The second-order valence-corrected chi connectivity index (χ2v) is 6.84. The number of hydrogen-bond acceptors (Lipinski definition) is 3. The molecule has 0 aliphatic carbocycles. The summed E-state index contributed by atoms with van der Waals surface area (Å²) in [5, 5.41) is 4.52. The van der Waals surface area contributed by atoms with Crippen molar-refractivity contribution in [2.75, 3.05) is 26.0 Å². The van der Waals surface area contributed by atoms with Crippen LogP contribution in [0.3, 0.4) is 0 Å². The van der Waals surface area contributed by atoms with E-state index in [0.29, 0.717) is 5.41 Å². The molecular weight excluding hydrogens is 206 g/mol. The van der Waals surface area contributed by atoms with Gasteiger partial charge in [0, 0.05) is 37.3 Å². The van der Waals surface area contributed by atoms with E-state index in [1.165, 1.54) is 12.2 Å². The van der Waals surface area contributed by atoms with Gasteiger partial charge in [0.25, 0.3) is 0 Å². The van der Waals surface area contributed by atoms with Gasteiger partial charge in [-0.2, -0.15) is 11.8 Å². The molecule has 0 amide bonds. The summed E-state index contributed by atoms with van der Waals surface area (Å²) in [7, 11) is 1.78. The van der Waals surface area contributed by atoms with Gasteiger partial charge in [-0.25, -0.2) is 0 Å². The van der Waals surface area contributed by atoms with E-state index < -0.39 is 0 Å². The van der Waals surface area contributed by atoms with Gasteiger partial charge in [-0.3, -0.25) is 0 Å². The number of rotatable bonds is 6. The SMILES string of the molecule is COCCC(C)(C)CNC1CSC(C)C1. The maximum atomic E-state index is 5.13. The fourth-order valence-corrected chi connectivity index (χ4v) is 3.03. The van der Waals surface area contributed by atoms with Crippen molar-refractivity contribution in [2.24, 2.45) is 5.41 Å². The monoisotopic (exact) mass is 231 g/mol. The van der Waals surface area contributed by atoms with Crippen molar-refractivity contribution < 1.29 is 4.74 Å². The highest BCUT2D eigenvalue weighted by molar-refractivity contribution is 8.00. The summed E-state index contributed by atoms with van der Waals surface area (Å²) in [5.74, 6) is 1.28. The molecule has 3 heteroatoms. The molecule has 1 fully saturated rings. The molecule has 1 N–H and O–H groups in total. The zero-order valence-corrected chi connectivity index (χ0v) is 11.3. The van der Waals surface area contributed by atoms with Crippen molar-refractivity contribution in [2.45, 2.75) is 44.9 Å². The molecule has 2 unspecified atom stereocenters. The molecule has 1 aliphatic heterocycles. The summed E-state index contributed by atoms with van der Waals surface area (Å²) in [6, 6.07) is 0.729. The minimum atomic E-state index is 0.354. The Kier molecular flexibility index (Phi) is 5.44. The summed E-state index contributed by atoms with van der Waals surface area (Å²) < 4.78 is 5.13. The van der Waals surface area contributed by atoms with Gasteiger partial charge in [0.15, 0.2) is 0 Å². The Morgan fingerprint density at radius 1 is 1.47 bits per heavy atom. The van der Waals surface area contributed by atoms with Gasteiger partial charge in [-0.1, -0.05) is 20.8 Å². The third-order valence-corrected chi connectivity index (χ3v) is 4.41. The Balaban J connectivity index is 2.17. The molecule has 0 aromatic rings. The molecule has 1 rings (SSSR count). The van der Waals surface area contributed by atoms with Gasteiger partial charge in [0.2, 0.25) is 0 Å². The van der Waals surface area contributed by atoms with Gasteiger partial charge < -0.3 is 10.1 Å². The first-order chi connectivity index (χ1) is 7.03. The van der Waals surface area contributed by atoms with Crippen molar-refractivity contribution in [1.82, 2.24) is 5.32 Å². The highest BCUT2D eigenvalue weighted by atomic mass is 32.2. The second-order valence-electron chi connectivity index (χ2n) is 5.36. The summed E-state index contributed by atoms with van der Waals surface area (Å²) >= 11 is 2.09. The van der Waals surface area contributed by atoms with Crippen LogP contribution >= 0.6 is 11.8 Å². The molecule has 90 valence electrons. The van der Waals surface area contributed by atoms with Crippen LogP contribution in [0.25, 0.3) is 0 Å². The Morgan fingerprint density at radius 3 is 2.73 bits per heavy atom. The average molecular weight is 231 g/mol. The van der Waals surface area contributed by atoms with Crippen molar-refractivity contribution in [3.8, 4) is 0 Å². The van der Waals surface area contributed by atoms with Crippen molar-refractivity contribution in [3.05, 3.63) is 0 Å². The van der Waals surface area contributed by atoms with Crippen LogP contribution in [0.5, 0.6) is 0 Å². The van der Waals surface area contributed by atoms with Crippen molar-refractivity contribution in [3.63, 3.8) is 0 Å². The highest BCUT2D eigenvalue weighted by Gasteiger charge is 2.24. The molecule has 0 bridgehead atoms. The molecule has 0 saturated carbocycles. The molecule has 1 heterocycles. The van der Waals surface area contributed by atoms with Crippen molar-refractivity contribution in [1.29, 1.82) is 0 Å². The second kappa shape index (κ2) is 6.12. The third-order valence-electron chi connectivity index (χ3n) is 3.05. The molecule has 2 atom stereocenters. The van der Waals surface area contributed by atoms with Crippen LogP contribution in [-0.4, -0.2) is 37.3 Å². The molecule has 0 radical (unpaired) electrons. The summed E-state index contributed by atoms with van der Waals surface area (Å²) in [4.78, 5) is 0. The van der Waals surface area contributed by atoms with Gasteiger partial charge in [0.05, 0.1) is 0 Å². The lowest BCUT2D eigenvalue weighted by Gasteiger charge is -2.26. The van der Waals surface area contributed by atoms with Crippen molar-refractivity contribution >= 4 is 11.8 Å². The van der Waals surface area contributed by atoms with E-state index in [1.807, 2.05) is 0 Å². The predicted molar refractivity (Wildman–Crippen MR) is 68.6 cm³/mol. The summed E-state index contributed by atoms with van der Waals surface area (Å²) in [6.45, 7) is 8.91. The minimum Gasteiger partial charge on any atom is -0.385 e. The Labute approximate surface area is 98.5 Å². The number of methoxy groups -OCH3 is 1. The first-order valence-electron chi connectivity index (χ1n) is 5.87. The van der Waals surface area contributed by atoms with Crippen LogP contribution in [0.4, 0.5) is 0 Å². The average Bonchev–Trinajstić information content (AvgIpc) is 2.59. The van der Waals surface area contributed by atoms with E-state index in [0.717, 1.165) is 30.9 Å². The molecule has 15 heavy (non-hydrogen) atoms. The van der Waals surface area contributed by atoms with E-state index in [4.69, 9.17) is 4.74 Å². The minimum absolute atomic E-state index is 0.354. The van der Waals surface area contributed by atoms with Gasteiger partial charge in [-0.05, 0) is 18.3 Å². The molecular formula is C12H25NOS. The van der Waals surface area contributed by atoms with E-state index in [9.17, 15) is 0 Å². The zero-order valence-electron chi connectivity index (χ0n) is 10.5. The van der Waals surface area contributed by atoms with Gasteiger partial charge in [-0.15, -0.1) is 0 Å². The molecule has 1 saturated heterocycles. The molecule has 0 aromatic heterocycles. The van der Waals surface area contributed by atoms with E-state index in [-0.39, 0.29) is 0 Å². The lowest BCUT2D eigenvalue weighted by atomic mass is 9.89. The molecule has 2 nitrogen and oxygen atoms in total. The lowest BCUT2D eigenvalue weighted by molar-refractivity contribution is 0.149. The number of hydrogen-bond donors (Lipinski definition) is 1. The maximum Gasteiger partial charge on any atom is 0.0467 e. The normalized spacial score (nSPS) is 27.2. The Morgan fingerprint density at radius 2 is 2.20 bits per heavy atom. The first kappa shape index (κ1) is 13.3. The third kappa shape index (κ3) is 5.23. The molecule has 0 spiro atoms. The van der Waals surface area contributed by atoms with Crippen LogP contribution < -0.4 is 5.32 Å². The fourth-order valence-electron chi connectivity index (χ4n) is 1.85. The van der Waals surface area contributed by atoms with Gasteiger partial charge >= 0.3 is 0 Å². The predicted octanol–water partition coefficient (Wildman–Crippen LogP) is 2.53. The number of nitrogens with one attached hydrogen (secondary N) is 1. The Bertz CT molecular complexity index is 184. The van der Waals surface area contributed by atoms with Crippen LogP contribution in [0.2, 0.25) is 0 Å². The quantitative estimate of drug-likeness (QED) is 0.759. The fraction of sp³-hybridized carbons (Fsp3) is 1.00. The maximum absolute atomic E-state index is 5.13. The lowest BCUT2D eigenvalue weighted by Crippen LogP contribution is -2.37. The smallest absolute Gasteiger partial charge is 0.0467 e. The zero-order chi connectivity index (χ0) is 11.3. The summed E-state index contributed by atoms with van der Waals surface area (Å²) in [5.41, 5.74) is 0.354. The van der Waals surface area contributed by atoms with Gasteiger partial charge in [0.1, 0.15) is 0 Å². The topological polar surface area (TPSA) is 21.3 Å². The first-order valence-corrected chi connectivity index (χ1v) is 6.92. The van der Waals surface area contributed by atoms with E-state index in [2.05, 4.69) is 37.8 Å². The summed E-state index contributed by atoms with van der Waals surface area (Å²) in [6.07, 6.45) is 2.46. The van der Waals surface area contributed by atoms with Crippen LogP contribution in [0.15, 0.2) is 0 Å². The molecule has 0 aromatic carbocycles. The van der Waals surface area contributed by atoms with E-state index in [1.54, 1.807) is 7.11 Å².